The van der Waals surface area contributed by atoms with Gasteiger partial charge in [0.2, 0.25) is 0 Å². The third-order valence-corrected chi connectivity index (χ3v) is 4.94. The Kier molecular flexibility index (Phi) is 6.65. The Bertz CT molecular complexity index is 916. The van der Waals surface area contributed by atoms with Gasteiger partial charge in [-0.15, -0.1) is 6.58 Å². The summed E-state index contributed by atoms with van der Waals surface area (Å²) in [5.74, 6) is -0.878. The van der Waals surface area contributed by atoms with E-state index in [1.165, 1.54) is 35.4 Å². The van der Waals surface area contributed by atoms with Crippen LogP contribution in [0.1, 0.15) is 22.8 Å². The smallest absolute Gasteiger partial charge is 0.409 e. The van der Waals surface area contributed by atoms with Crippen molar-refractivity contribution in [1.82, 2.24) is 14.7 Å². The number of piperidine rings is 1. The Morgan fingerprint density at radius 2 is 2.10 bits per heavy atom. The lowest BCUT2D eigenvalue weighted by molar-refractivity contribution is 0.0714. The van der Waals surface area contributed by atoms with Gasteiger partial charge in [-0.25, -0.2) is 13.6 Å². The van der Waals surface area contributed by atoms with Crippen LogP contribution in [-0.4, -0.2) is 53.1 Å². The standard InChI is InChI=1S/C20H23F2N5O3/c1-2-13-7-9-26(20(29)30-10-8-21)12-17(13)27-11-16(18(23)28)19(25-27)24-15-5-3-14(22)4-6-15/h2-6,11,13,17H,1,7-10,12H2,(H2,23,28)(H,24,25)/t13-,17-/m1/s1. The minimum Gasteiger partial charge on any atom is -0.447 e. The van der Waals surface area contributed by atoms with Gasteiger partial charge in [0.15, 0.2) is 5.82 Å². The number of hydrogen-bond acceptors (Lipinski definition) is 5. The van der Waals surface area contributed by atoms with Crippen molar-refractivity contribution >= 4 is 23.5 Å². The fourth-order valence-electron chi connectivity index (χ4n) is 3.39. The fourth-order valence-corrected chi connectivity index (χ4v) is 3.39. The number of nitrogens with one attached hydrogen (secondary N) is 1. The number of nitrogens with zero attached hydrogens (tertiary/aromatic N) is 3. The van der Waals surface area contributed by atoms with Crippen molar-refractivity contribution in [3.8, 4) is 0 Å². The molecule has 1 aliphatic rings. The third kappa shape index (κ3) is 4.76. The van der Waals surface area contributed by atoms with Gasteiger partial charge in [-0.3, -0.25) is 9.48 Å². The molecule has 1 aromatic heterocycles. The second kappa shape index (κ2) is 9.38. The van der Waals surface area contributed by atoms with Crippen LogP contribution in [0.15, 0.2) is 43.1 Å². The number of allylic oxidation sites excluding steroid dienone is 1. The van der Waals surface area contributed by atoms with Crippen LogP contribution in [0.5, 0.6) is 0 Å². The Hall–Kier alpha value is -3.43. The number of alkyl halides is 1. The first-order chi connectivity index (χ1) is 14.4. The number of rotatable bonds is 7. The van der Waals surface area contributed by atoms with Crippen LogP contribution >= 0.6 is 0 Å². The van der Waals surface area contributed by atoms with Crippen molar-refractivity contribution in [2.45, 2.75) is 12.5 Å². The van der Waals surface area contributed by atoms with E-state index in [4.69, 9.17) is 10.5 Å². The molecular weight excluding hydrogens is 396 g/mol. The second-order valence-corrected chi connectivity index (χ2v) is 6.87. The second-order valence-electron chi connectivity index (χ2n) is 6.87. The number of anilines is 2. The topological polar surface area (TPSA) is 102 Å². The summed E-state index contributed by atoms with van der Waals surface area (Å²) in [5, 5.41) is 7.41. The van der Waals surface area contributed by atoms with Crippen LogP contribution in [0.25, 0.3) is 0 Å². The van der Waals surface area contributed by atoms with Crippen LogP contribution in [0, 0.1) is 11.7 Å². The number of nitrogens with two attached hydrogens (primary N) is 1. The molecular formula is C20H23F2N5O3. The first-order valence-corrected chi connectivity index (χ1v) is 9.44. The highest BCUT2D eigenvalue weighted by molar-refractivity contribution is 5.98. The maximum Gasteiger partial charge on any atom is 0.409 e. The van der Waals surface area contributed by atoms with Gasteiger partial charge in [0.25, 0.3) is 5.91 Å². The quantitative estimate of drug-likeness (QED) is 0.672. The Morgan fingerprint density at radius 3 is 2.73 bits per heavy atom. The highest BCUT2D eigenvalue weighted by Gasteiger charge is 2.33. The van der Waals surface area contributed by atoms with Crippen molar-refractivity contribution < 1.29 is 23.1 Å². The highest BCUT2D eigenvalue weighted by Crippen LogP contribution is 2.31. The maximum absolute atomic E-state index is 13.1. The highest BCUT2D eigenvalue weighted by atomic mass is 19.1. The van der Waals surface area contributed by atoms with Crippen molar-refractivity contribution in [1.29, 1.82) is 0 Å². The molecule has 10 heteroatoms. The lowest BCUT2D eigenvalue weighted by Crippen LogP contribution is -2.44. The summed E-state index contributed by atoms with van der Waals surface area (Å²) in [6, 6.07) is 5.25. The first-order valence-electron chi connectivity index (χ1n) is 9.44. The average molecular weight is 419 g/mol. The van der Waals surface area contributed by atoms with E-state index < -0.39 is 24.5 Å². The van der Waals surface area contributed by atoms with Gasteiger partial charge >= 0.3 is 6.09 Å². The van der Waals surface area contributed by atoms with E-state index in [2.05, 4.69) is 17.0 Å². The van der Waals surface area contributed by atoms with Gasteiger partial charge in [0.1, 0.15) is 24.7 Å². The molecule has 8 nitrogen and oxygen atoms in total. The zero-order valence-electron chi connectivity index (χ0n) is 16.3. The van der Waals surface area contributed by atoms with Crippen molar-refractivity contribution in [3.63, 3.8) is 0 Å². The minimum atomic E-state index is -0.752. The van der Waals surface area contributed by atoms with Gasteiger partial charge in [-0.05, 0) is 30.7 Å². The molecule has 3 N–H and O–H groups in total. The van der Waals surface area contributed by atoms with Crippen LogP contribution in [0.2, 0.25) is 0 Å². The lowest BCUT2D eigenvalue weighted by atomic mass is 9.92. The molecule has 2 heterocycles. The van der Waals surface area contributed by atoms with Crippen molar-refractivity contribution in [2.24, 2.45) is 11.7 Å². The van der Waals surface area contributed by atoms with Crippen LogP contribution in [0.3, 0.4) is 0 Å². The number of benzene rings is 1. The van der Waals surface area contributed by atoms with Crippen LogP contribution in [-0.2, 0) is 4.74 Å². The van der Waals surface area contributed by atoms with E-state index in [0.717, 1.165) is 0 Å². The van der Waals surface area contributed by atoms with Crippen molar-refractivity contribution in [2.75, 3.05) is 31.7 Å². The predicted molar refractivity (Wildman–Crippen MR) is 107 cm³/mol. The summed E-state index contributed by atoms with van der Waals surface area (Å²) in [4.78, 5) is 25.5. The van der Waals surface area contributed by atoms with Crippen LogP contribution in [0.4, 0.5) is 25.1 Å². The molecule has 2 amide bonds. The predicted octanol–water partition coefficient (Wildman–Crippen LogP) is 3.02. The summed E-state index contributed by atoms with van der Waals surface area (Å²) >= 11 is 0. The number of primary amides is 1. The Balaban J connectivity index is 1.86. The molecule has 2 atom stereocenters. The molecule has 2 aromatic rings. The zero-order valence-corrected chi connectivity index (χ0v) is 16.3. The van der Waals surface area contributed by atoms with Gasteiger partial charge in [0.05, 0.1) is 6.04 Å². The summed E-state index contributed by atoms with van der Waals surface area (Å²) in [6.07, 6.45) is 3.28. The summed E-state index contributed by atoms with van der Waals surface area (Å²) < 4.78 is 31.9. The molecule has 0 radical (unpaired) electrons. The van der Waals surface area contributed by atoms with E-state index in [-0.39, 0.29) is 36.5 Å². The molecule has 160 valence electrons. The molecule has 3 rings (SSSR count). The van der Waals surface area contributed by atoms with Gasteiger partial charge < -0.3 is 20.7 Å². The van der Waals surface area contributed by atoms with Gasteiger partial charge in [-0.1, -0.05) is 6.08 Å². The number of amides is 2. The van der Waals surface area contributed by atoms with Crippen molar-refractivity contribution in [3.05, 3.63) is 54.5 Å². The molecule has 0 bridgehead atoms. The number of carbonyl (C=O) groups excluding carboxylic acids is 2. The summed E-state index contributed by atoms with van der Waals surface area (Å²) in [6.45, 7) is 3.48. The number of hydrogen-bond donors (Lipinski definition) is 2. The average Bonchev–Trinajstić information content (AvgIpc) is 3.17. The number of carbonyl (C=O) groups is 2. The van der Waals surface area contributed by atoms with E-state index in [1.807, 2.05) is 0 Å². The van der Waals surface area contributed by atoms with Gasteiger partial charge in [-0.2, -0.15) is 5.10 Å². The molecule has 0 unspecified atom stereocenters. The fraction of sp³-hybridized carbons (Fsp3) is 0.350. The third-order valence-electron chi connectivity index (χ3n) is 4.94. The largest absolute Gasteiger partial charge is 0.447 e. The molecule has 1 aliphatic heterocycles. The molecule has 0 aliphatic carbocycles. The van der Waals surface area contributed by atoms with E-state index >= 15 is 0 Å². The summed E-state index contributed by atoms with van der Waals surface area (Å²) in [5.41, 5.74) is 6.18. The Labute approximate surface area is 172 Å². The maximum atomic E-state index is 13.1. The monoisotopic (exact) mass is 419 g/mol. The molecule has 0 spiro atoms. The molecule has 0 saturated carbocycles. The lowest BCUT2D eigenvalue weighted by Gasteiger charge is -2.36. The SMILES string of the molecule is C=C[C@@H]1CCN(C(=O)OCCF)C[C@H]1n1cc(C(N)=O)c(Nc2ccc(F)cc2)n1. The number of halogens is 2. The Morgan fingerprint density at radius 1 is 1.37 bits per heavy atom. The minimum absolute atomic E-state index is 0.0190. The molecule has 1 saturated heterocycles. The van der Waals surface area contributed by atoms with E-state index in [9.17, 15) is 18.4 Å². The number of ether oxygens (including phenoxy) is 1. The van der Waals surface area contributed by atoms with E-state index in [0.29, 0.717) is 18.7 Å². The van der Waals surface area contributed by atoms with Gasteiger partial charge in [0, 0.05) is 30.9 Å². The summed E-state index contributed by atoms with van der Waals surface area (Å²) in [7, 11) is 0. The van der Waals surface area contributed by atoms with Crippen LogP contribution < -0.4 is 11.1 Å². The zero-order chi connectivity index (χ0) is 21.7. The first kappa shape index (κ1) is 21.3. The molecule has 1 fully saturated rings. The number of aromatic nitrogens is 2. The number of likely N-dealkylation sites (tertiary alicyclic amines) is 1. The molecule has 30 heavy (non-hydrogen) atoms. The normalized spacial score (nSPS) is 18.7. The van der Waals surface area contributed by atoms with E-state index in [1.54, 1.807) is 10.8 Å². The molecule has 1 aromatic carbocycles.